The molecule has 3 heterocycles. The van der Waals surface area contributed by atoms with E-state index in [1.807, 2.05) is 0 Å². The van der Waals surface area contributed by atoms with Gasteiger partial charge in [-0.05, 0) is 75.1 Å². The quantitative estimate of drug-likeness (QED) is 0.596. The van der Waals surface area contributed by atoms with Crippen LogP contribution in [0, 0.1) is 24.1 Å². The topological polar surface area (TPSA) is 117 Å². The van der Waals surface area contributed by atoms with Crippen LogP contribution in [0.3, 0.4) is 0 Å². The first kappa shape index (κ1) is 22.2. The molecule has 0 aromatic carbocycles. The number of nitrogens with zero attached hydrogens (tertiary/aromatic N) is 5. The van der Waals surface area contributed by atoms with Crippen molar-refractivity contribution in [2.45, 2.75) is 62.9 Å². The molecule has 0 spiro atoms. The third-order valence-electron chi connectivity index (χ3n) is 6.88. The van der Waals surface area contributed by atoms with E-state index in [0.717, 1.165) is 18.4 Å². The average Bonchev–Trinajstić information content (AvgIpc) is 3.63. The second kappa shape index (κ2) is 8.61. The summed E-state index contributed by atoms with van der Waals surface area (Å²) < 4.78 is 16.0. The number of rotatable bonds is 5. The molecule has 0 radical (unpaired) electrons. The van der Waals surface area contributed by atoms with Crippen LogP contribution in [0.5, 0.6) is 0 Å². The lowest BCUT2D eigenvalue weighted by molar-refractivity contribution is 0.102. The van der Waals surface area contributed by atoms with Crippen molar-refractivity contribution in [1.29, 1.82) is 5.26 Å². The smallest absolute Gasteiger partial charge is 0.259 e. The van der Waals surface area contributed by atoms with Crippen molar-refractivity contribution in [3.05, 3.63) is 65.1 Å². The number of hydrogen-bond donors (Lipinski definition) is 2. The van der Waals surface area contributed by atoms with Crippen LogP contribution in [-0.2, 0) is 5.41 Å². The SMILES string of the molecule is Cc1c(C(=O)Nc2ccc([C@]3(C#N)CC[C@@H](O)CC3)nc2)cnn1-c1ncc(C2CC2)cc1F. The van der Waals surface area contributed by atoms with Crippen molar-refractivity contribution in [1.82, 2.24) is 19.7 Å². The van der Waals surface area contributed by atoms with Gasteiger partial charge in [0.2, 0.25) is 0 Å². The lowest BCUT2D eigenvalue weighted by Gasteiger charge is -2.32. The Morgan fingerprint density at radius 3 is 2.59 bits per heavy atom. The van der Waals surface area contributed by atoms with Crippen LogP contribution < -0.4 is 5.32 Å². The van der Waals surface area contributed by atoms with Gasteiger partial charge in [0, 0.05) is 6.20 Å². The number of aromatic nitrogens is 4. The summed E-state index contributed by atoms with van der Waals surface area (Å²) in [5.41, 5.74) is 2.06. The van der Waals surface area contributed by atoms with Gasteiger partial charge in [-0.15, -0.1) is 0 Å². The lowest BCUT2D eigenvalue weighted by Crippen LogP contribution is -2.33. The molecule has 174 valence electrons. The maximum Gasteiger partial charge on any atom is 0.259 e. The van der Waals surface area contributed by atoms with E-state index >= 15 is 0 Å². The van der Waals surface area contributed by atoms with Gasteiger partial charge < -0.3 is 10.4 Å². The largest absolute Gasteiger partial charge is 0.393 e. The Hall–Kier alpha value is -3.64. The monoisotopic (exact) mass is 460 g/mol. The fourth-order valence-electron chi connectivity index (χ4n) is 4.56. The van der Waals surface area contributed by atoms with E-state index in [9.17, 15) is 19.6 Å². The summed E-state index contributed by atoms with van der Waals surface area (Å²) in [6, 6.07) is 7.32. The van der Waals surface area contributed by atoms with Crippen molar-refractivity contribution < 1.29 is 14.3 Å². The highest BCUT2D eigenvalue weighted by Crippen LogP contribution is 2.40. The summed E-state index contributed by atoms with van der Waals surface area (Å²) in [6.45, 7) is 1.69. The number of nitriles is 1. The zero-order valence-corrected chi connectivity index (χ0v) is 18.8. The first-order valence-corrected chi connectivity index (χ1v) is 11.5. The summed E-state index contributed by atoms with van der Waals surface area (Å²) in [5, 5.41) is 26.5. The molecule has 3 aromatic heterocycles. The Morgan fingerprint density at radius 1 is 1.21 bits per heavy atom. The molecule has 0 unspecified atom stereocenters. The molecule has 0 saturated heterocycles. The van der Waals surface area contributed by atoms with Gasteiger partial charge in [0.15, 0.2) is 11.6 Å². The van der Waals surface area contributed by atoms with E-state index in [1.165, 1.54) is 23.1 Å². The molecular formula is C25H25FN6O2. The van der Waals surface area contributed by atoms with Crippen molar-refractivity contribution in [3.63, 3.8) is 0 Å². The number of aliphatic hydroxyl groups is 1. The van der Waals surface area contributed by atoms with Crippen LogP contribution in [0.15, 0.2) is 36.8 Å². The molecule has 0 atom stereocenters. The Labute approximate surface area is 196 Å². The zero-order chi connectivity index (χ0) is 23.9. The van der Waals surface area contributed by atoms with Crippen LogP contribution in [0.2, 0.25) is 0 Å². The van der Waals surface area contributed by atoms with Gasteiger partial charge >= 0.3 is 0 Å². The maximum absolute atomic E-state index is 14.7. The van der Waals surface area contributed by atoms with E-state index in [2.05, 4.69) is 26.5 Å². The van der Waals surface area contributed by atoms with Crippen molar-refractivity contribution in [3.8, 4) is 11.9 Å². The first-order chi connectivity index (χ1) is 16.4. The predicted octanol–water partition coefficient (Wildman–Crippen LogP) is 3.94. The molecule has 2 saturated carbocycles. The van der Waals surface area contributed by atoms with Crippen molar-refractivity contribution >= 4 is 11.6 Å². The molecule has 1 amide bonds. The molecule has 2 aliphatic rings. The standard InChI is InChI=1S/C25H25FN6O2/c1-15-20(13-30-32(15)23-21(26)10-17(11-29-23)16-2-3-16)24(34)31-18-4-5-22(28-12-18)25(14-27)8-6-19(33)7-9-25/h4-5,10-13,16,19,33H,2-3,6-9H2,1H3,(H,31,34)/t19-,25-. The number of carbonyl (C=O) groups excluding carboxylic acids is 1. The van der Waals surface area contributed by atoms with Gasteiger partial charge in [0.1, 0.15) is 0 Å². The molecule has 9 heteroatoms. The Balaban J connectivity index is 1.31. The molecule has 5 rings (SSSR count). The lowest BCUT2D eigenvalue weighted by atomic mass is 9.72. The van der Waals surface area contributed by atoms with Crippen molar-refractivity contribution in [2.75, 3.05) is 5.32 Å². The van der Waals surface area contributed by atoms with E-state index in [-0.39, 0.29) is 11.9 Å². The number of halogens is 1. The predicted molar refractivity (Wildman–Crippen MR) is 122 cm³/mol. The number of hydrogen-bond acceptors (Lipinski definition) is 6. The van der Waals surface area contributed by atoms with Gasteiger partial charge in [-0.25, -0.2) is 14.1 Å². The molecule has 0 bridgehead atoms. The molecule has 8 nitrogen and oxygen atoms in total. The minimum atomic E-state index is -0.717. The molecular weight excluding hydrogens is 435 g/mol. The molecule has 34 heavy (non-hydrogen) atoms. The summed E-state index contributed by atoms with van der Waals surface area (Å²) in [6.07, 6.45) is 8.56. The van der Waals surface area contributed by atoms with Gasteiger partial charge in [0.25, 0.3) is 5.91 Å². The van der Waals surface area contributed by atoms with Crippen LogP contribution in [0.25, 0.3) is 5.82 Å². The third-order valence-corrected chi connectivity index (χ3v) is 6.88. The highest BCUT2D eigenvalue weighted by molar-refractivity contribution is 6.04. The highest BCUT2D eigenvalue weighted by Gasteiger charge is 2.38. The van der Waals surface area contributed by atoms with Gasteiger partial charge in [-0.3, -0.25) is 9.78 Å². The summed E-state index contributed by atoms with van der Waals surface area (Å²) in [7, 11) is 0. The van der Waals surface area contributed by atoms with Gasteiger partial charge in [0.05, 0.1) is 52.6 Å². The van der Waals surface area contributed by atoms with E-state index in [1.54, 1.807) is 25.3 Å². The number of pyridine rings is 2. The summed E-state index contributed by atoms with van der Waals surface area (Å²) in [4.78, 5) is 21.5. The Bertz CT molecular complexity index is 1270. The Kier molecular flexibility index (Phi) is 5.62. The third kappa shape index (κ3) is 4.05. The highest BCUT2D eigenvalue weighted by atomic mass is 19.1. The fraction of sp³-hybridized carbons (Fsp3) is 0.400. The molecule has 3 aromatic rings. The van der Waals surface area contributed by atoms with Crippen LogP contribution >= 0.6 is 0 Å². The maximum atomic E-state index is 14.7. The minimum absolute atomic E-state index is 0.0615. The normalized spacial score (nSPS) is 22.2. The van der Waals surface area contributed by atoms with Crippen LogP contribution in [-0.4, -0.2) is 36.9 Å². The second-order valence-corrected chi connectivity index (χ2v) is 9.22. The summed E-state index contributed by atoms with van der Waals surface area (Å²) in [5.74, 6) is -0.414. The Morgan fingerprint density at radius 2 is 1.97 bits per heavy atom. The molecule has 2 N–H and O–H groups in total. The fourth-order valence-corrected chi connectivity index (χ4v) is 4.56. The minimum Gasteiger partial charge on any atom is -0.393 e. The molecule has 0 aliphatic heterocycles. The molecule has 2 aliphatic carbocycles. The van der Waals surface area contributed by atoms with Gasteiger partial charge in [-0.1, -0.05) is 0 Å². The second-order valence-electron chi connectivity index (χ2n) is 9.22. The van der Waals surface area contributed by atoms with Crippen LogP contribution in [0.4, 0.5) is 10.1 Å². The van der Waals surface area contributed by atoms with Crippen LogP contribution in [0.1, 0.15) is 71.8 Å². The average molecular weight is 461 g/mol. The number of nitrogens with one attached hydrogen (secondary N) is 1. The van der Waals surface area contributed by atoms with Gasteiger partial charge in [-0.2, -0.15) is 10.4 Å². The van der Waals surface area contributed by atoms with E-state index in [0.29, 0.717) is 54.2 Å². The first-order valence-electron chi connectivity index (χ1n) is 11.5. The number of amides is 1. The summed E-state index contributed by atoms with van der Waals surface area (Å²) >= 11 is 0. The van der Waals surface area contributed by atoms with E-state index in [4.69, 9.17) is 0 Å². The number of anilines is 1. The number of carbonyl (C=O) groups is 1. The van der Waals surface area contributed by atoms with E-state index < -0.39 is 17.1 Å². The molecule has 2 fully saturated rings. The van der Waals surface area contributed by atoms with Crippen molar-refractivity contribution in [2.24, 2.45) is 0 Å². The zero-order valence-electron chi connectivity index (χ0n) is 18.8. The number of aliphatic hydroxyl groups excluding tert-OH is 1.